The van der Waals surface area contributed by atoms with Crippen LogP contribution in [0.5, 0.6) is 17.2 Å². The van der Waals surface area contributed by atoms with Crippen molar-refractivity contribution in [1.29, 1.82) is 0 Å². The molecule has 0 aliphatic carbocycles. The van der Waals surface area contributed by atoms with Gasteiger partial charge in [0, 0.05) is 22.8 Å². The van der Waals surface area contributed by atoms with Gasteiger partial charge in [-0.25, -0.2) is 18.6 Å². The van der Waals surface area contributed by atoms with Crippen LogP contribution in [0.15, 0.2) is 36.4 Å². The van der Waals surface area contributed by atoms with Gasteiger partial charge in [-0.3, -0.25) is 10.2 Å². The van der Waals surface area contributed by atoms with Crippen LogP contribution in [0.1, 0.15) is 18.9 Å². The number of phenolic OH excluding ortho intramolecular Hbond substituents is 1. The maximum atomic E-state index is 12.1. The summed E-state index contributed by atoms with van der Waals surface area (Å²) >= 11 is 5.98. The number of hydrogen-bond donors (Lipinski definition) is 5. The predicted molar refractivity (Wildman–Crippen MR) is 115 cm³/mol. The smallest absolute Gasteiger partial charge is 0.338 e. The summed E-state index contributed by atoms with van der Waals surface area (Å²) < 4.78 is 28.6. The molecule has 0 bridgehead atoms. The Balaban J connectivity index is 2.04. The van der Waals surface area contributed by atoms with E-state index in [4.69, 9.17) is 16.3 Å². The van der Waals surface area contributed by atoms with E-state index in [1.54, 1.807) is 0 Å². The van der Waals surface area contributed by atoms with Crippen LogP contribution in [0, 0.1) is 0 Å². The van der Waals surface area contributed by atoms with E-state index in [2.05, 4.69) is 16.2 Å². The van der Waals surface area contributed by atoms with Gasteiger partial charge in [0.25, 0.3) is 0 Å². The Labute approximate surface area is 184 Å². The van der Waals surface area contributed by atoms with Gasteiger partial charge in [-0.15, -0.1) is 0 Å². The second-order valence-corrected chi connectivity index (χ2v) is 9.22. The number of anilines is 1. The number of aromatic hydroxyl groups is 1. The van der Waals surface area contributed by atoms with Crippen LogP contribution in [-0.4, -0.2) is 42.1 Å². The first kappa shape index (κ1) is 24.3. The Kier molecular flexibility index (Phi) is 8.48. The molecule has 2 aromatic carbocycles. The number of aliphatic hydroxyl groups excluding tert-OH is 1. The number of halogens is 1. The Bertz CT molecular complexity index is 1060. The van der Waals surface area contributed by atoms with Crippen molar-refractivity contribution in [3.63, 3.8) is 0 Å². The number of amides is 3. The zero-order valence-electron chi connectivity index (χ0n) is 16.5. The van der Waals surface area contributed by atoms with Gasteiger partial charge >= 0.3 is 6.03 Å². The molecule has 0 aliphatic rings. The molecule has 2 aromatic rings. The highest BCUT2D eigenvalue weighted by molar-refractivity contribution is 7.91. The summed E-state index contributed by atoms with van der Waals surface area (Å²) in [6.07, 6.45) is -0.299. The lowest BCUT2D eigenvalue weighted by molar-refractivity contribution is -0.121. The predicted octanol–water partition coefficient (Wildman–Crippen LogP) is 2.31. The number of hydrazine groups is 1. The summed E-state index contributed by atoms with van der Waals surface area (Å²) in [6.45, 7) is 1.09. The highest BCUT2D eigenvalue weighted by atomic mass is 35.5. The minimum absolute atomic E-state index is 0.0484. The fourth-order valence-corrected chi connectivity index (χ4v) is 3.29. The Morgan fingerprint density at radius 2 is 1.81 bits per heavy atom. The molecule has 3 amide bonds. The van der Waals surface area contributed by atoms with Crippen LogP contribution in [-0.2, 0) is 21.2 Å². The number of phenols is 1. The lowest BCUT2D eigenvalue weighted by Crippen LogP contribution is -2.44. The van der Waals surface area contributed by atoms with Crippen molar-refractivity contribution in [2.75, 3.05) is 16.8 Å². The highest BCUT2D eigenvalue weighted by Crippen LogP contribution is 2.34. The van der Waals surface area contributed by atoms with E-state index in [9.17, 15) is 28.2 Å². The standard InChI is InChI=1S/C19H22ClN3O7S/c1-2-31(28,29)8-7-18(26)22-23-19(27)21-15-10-13(20)3-5-17(15)30-16-6-4-14(25)9-12(16)11-24/h3-6,9-10,24-25H,2,7-8,11H2,1H3,(H,22,26)(H2,21,23,27). The van der Waals surface area contributed by atoms with Crippen LogP contribution in [0.2, 0.25) is 5.02 Å². The second-order valence-electron chi connectivity index (χ2n) is 6.31. The van der Waals surface area contributed by atoms with Gasteiger partial charge in [-0.05, 0) is 36.4 Å². The van der Waals surface area contributed by atoms with Crippen LogP contribution >= 0.6 is 11.6 Å². The summed E-state index contributed by atoms with van der Waals surface area (Å²) in [6, 6.07) is 7.74. The van der Waals surface area contributed by atoms with Crippen LogP contribution < -0.4 is 20.9 Å². The number of ether oxygens (including phenoxy) is 1. The largest absolute Gasteiger partial charge is 0.508 e. The van der Waals surface area contributed by atoms with E-state index in [0.717, 1.165) is 0 Å². The Morgan fingerprint density at radius 3 is 2.48 bits per heavy atom. The first-order valence-corrected chi connectivity index (χ1v) is 11.3. The first-order chi connectivity index (χ1) is 14.6. The maximum Gasteiger partial charge on any atom is 0.338 e. The van der Waals surface area contributed by atoms with Crippen molar-refractivity contribution < 1.29 is 33.0 Å². The lowest BCUT2D eigenvalue weighted by atomic mass is 10.2. The van der Waals surface area contributed by atoms with Crippen LogP contribution in [0.3, 0.4) is 0 Å². The molecule has 0 atom stereocenters. The quantitative estimate of drug-likeness (QED) is 0.370. The molecule has 0 radical (unpaired) electrons. The molecular formula is C19H22ClN3O7S. The molecule has 12 heteroatoms. The number of nitrogens with one attached hydrogen (secondary N) is 3. The van der Waals surface area contributed by atoms with Gasteiger partial charge in [-0.1, -0.05) is 18.5 Å². The van der Waals surface area contributed by atoms with E-state index in [1.165, 1.54) is 43.3 Å². The first-order valence-electron chi connectivity index (χ1n) is 9.10. The number of sulfone groups is 1. The molecule has 0 aliphatic heterocycles. The zero-order valence-corrected chi connectivity index (χ0v) is 18.1. The monoisotopic (exact) mass is 471 g/mol. The minimum Gasteiger partial charge on any atom is -0.508 e. The maximum absolute atomic E-state index is 12.1. The lowest BCUT2D eigenvalue weighted by Gasteiger charge is -2.15. The molecule has 168 valence electrons. The summed E-state index contributed by atoms with van der Waals surface area (Å²) in [7, 11) is -3.30. The minimum atomic E-state index is -3.30. The van der Waals surface area contributed by atoms with Crippen molar-refractivity contribution in [3.8, 4) is 17.2 Å². The van der Waals surface area contributed by atoms with Crippen molar-refractivity contribution in [3.05, 3.63) is 47.0 Å². The van der Waals surface area contributed by atoms with Crippen LogP contribution in [0.25, 0.3) is 0 Å². The SMILES string of the molecule is CCS(=O)(=O)CCC(=O)NNC(=O)Nc1cc(Cl)ccc1Oc1ccc(O)cc1CO. The molecule has 0 aromatic heterocycles. The van der Waals surface area contributed by atoms with Gasteiger partial charge in [-0.2, -0.15) is 0 Å². The third-order valence-corrected chi connectivity index (χ3v) is 5.96. The van der Waals surface area contributed by atoms with Gasteiger partial charge in [0.15, 0.2) is 15.6 Å². The Hall–Kier alpha value is -3.02. The average Bonchev–Trinajstić information content (AvgIpc) is 2.73. The molecule has 2 rings (SSSR count). The molecule has 31 heavy (non-hydrogen) atoms. The summed E-state index contributed by atoms with van der Waals surface area (Å²) in [4.78, 5) is 23.8. The number of rotatable bonds is 8. The van der Waals surface area contributed by atoms with Crippen molar-refractivity contribution in [2.24, 2.45) is 0 Å². The molecule has 10 nitrogen and oxygen atoms in total. The molecule has 0 unspecified atom stereocenters. The van der Waals surface area contributed by atoms with Gasteiger partial charge < -0.3 is 20.3 Å². The van der Waals surface area contributed by atoms with E-state index >= 15 is 0 Å². The third-order valence-electron chi connectivity index (χ3n) is 4.02. The van der Waals surface area contributed by atoms with E-state index in [0.29, 0.717) is 10.6 Å². The second kappa shape index (κ2) is 10.8. The van der Waals surface area contributed by atoms with Crippen molar-refractivity contribution in [1.82, 2.24) is 10.9 Å². The molecule has 0 fully saturated rings. The van der Waals surface area contributed by atoms with E-state index in [1.807, 2.05) is 0 Å². The van der Waals surface area contributed by atoms with Gasteiger partial charge in [0.1, 0.15) is 11.5 Å². The molecule has 0 saturated heterocycles. The molecule has 0 saturated carbocycles. The molecule has 0 spiro atoms. The number of urea groups is 1. The van der Waals surface area contributed by atoms with E-state index in [-0.39, 0.29) is 47.5 Å². The topological polar surface area (TPSA) is 154 Å². The normalized spacial score (nSPS) is 10.9. The number of hydrogen-bond acceptors (Lipinski definition) is 7. The van der Waals surface area contributed by atoms with Crippen molar-refractivity contribution >= 4 is 39.1 Å². The Morgan fingerprint density at radius 1 is 1.10 bits per heavy atom. The summed E-state index contributed by atoms with van der Waals surface area (Å²) in [5, 5.41) is 21.7. The highest BCUT2D eigenvalue weighted by Gasteiger charge is 2.14. The summed E-state index contributed by atoms with van der Waals surface area (Å²) in [5.74, 6) is -0.703. The third kappa shape index (κ3) is 7.63. The average molecular weight is 472 g/mol. The fourth-order valence-electron chi connectivity index (χ4n) is 2.33. The summed E-state index contributed by atoms with van der Waals surface area (Å²) in [5.41, 5.74) is 4.69. The van der Waals surface area contributed by atoms with Gasteiger partial charge in [0.2, 0.25) is 5.91 Å². The number of aliphatic hydroxyl groups is 1. The van der Waals surface area contributed by atoms with E-state index < -0.39 is 21.8 Å². The van der Waals surface area contributed by atoms with Crippen molar-refractivity contribution in [2.45, 2.75) is 20.0 Å². The zero-order chi connectivity index (χ0) is 23.0. The fraction of sp³-hybridized carbons (Fsp3) is 0.263. The number of benzene rings is 2. The van der Waals surface area contributed by atoms with Gasteiger partial charge in [0.05, 0.1) is 18.0 Å². The molecule has 0 heterocycles. The number of carbonyl (C=O) groups is 2. The number of carbonyl (C=O) groups excluding carboxylic acids is 2. The van der Waals surface area contributed by atoms with Crippen LogP contribution in [0.4, 0.5) is 10.5 Å². The molecule has 5 N–H and O–H groups in total. The molecular weight excluding hydrogens is 450 g/mol.